The van der Waals surface area contributed by atoms with Gasteiger partial charge in [-0.3, -0.25) is 14.5 Å². The number of rotatable bonds is 8. The lowest BCUT2D eigenvalue weighted by Gasteiger charge is -2.33. The molecule has 3 aromatic carbocycles. The number of anilines is 1. The number of nitrogens with two attached hydrogens (primary N) is 1. The molecule has 0 unspecified atom stereocenters. The van der Waals surface area contributed by atoms with Crippen molar-refractivity contribution in [2.75, 3.05) is 31.2 Å². The number of ether oxygens (including phenoxy) is 1. The maximum Gasteiger partial charge on any atom is 0.324 e. The van der Waals surface area contributed by atoms with Gasteiger partial charge in [0.05, 0.1) is 19.8 Å². The molecule has 4 amide bonds. The lowest BCUT2D eigenvalue weighted by molar-refractivity contribution is -0.131. The number of carbonyl (C=O) groups excluding carboxylic acids is 3. The quantitative estimate of drug-likeness (QED) is 0.384. The second kappa shape index (κ2) is 13.8. The smallest absolute Gasteiger partial charge is 0.324 e. The third-order valence-corrected chi connectivity index (χ3v) is 8.28. The number of urea groups is 1. The van der Waals surface area contributed by atoms with Crippen LogP contribution in [0.1, 0.15) is 54.3 Å². The largest absolute Gasteiger partial charge is 0.378 e. The third-order valence-electron chi connectivity index (χ3n) is 8.28. The van der Waals surface area contributed by atoms with Crippen LogP contribution in [-0.2, 0) is 20.9 Å². The van der Waals surface area contributed by atoms with Gasteiger partial charge in [0.15, 0.2) is 0 Å². The molecule has 10 heteroatoms. The van der Waals surface area contributed by atoms with Crippen LogP contribution in [0.25, 0.3) is 0 Å². The summed E-state index contributed by atoms with van der Waals surface area (Å²) in [5, 5.41) is 2.80. The van der Waals surface area contributed by atoms with Crippen molar-refractivity contribution in [2.45, 2.75) is 44.2 Å². The topological polar surface area (TPSA) is 105 Å². The number of nitrogens with zero attached hydrogens (tertiary/aromatic N) is 2. The molecule has 8 nitrogen and oxygen atoms in total. The summed E-state index contributed by atoms with van der Waals surface area (Å²) in [6, 6.07) is 17.9. The molecule has 2 fully saturated rings. The van der Waals surface area contributed by atoms with Crippen LogP contribution in [0.3, 0.4) is 0 Å². The van der Waals surface area contributed by atoms with E-state index in [1.54, 1.807) is 21.9 Å². The molecule has 1 saturated carbocycles. The van der Waals surface area contributed by atoms with Crippen LogP contribution in [0.5, 0.6) is 0 Å². The Labute approximate surface area is 249 Å². The van der Waals surface area contributed by atoms with Crippen molar-refractivity contribution >= 4 is 23.5 Å². The zero-order valence-corrected chi connectivity index (χ0v) is 23.9. The van der Waals surface area contributed by atoms with Crippen LogP contribution < -0.4 is 16.0 Å². The summed E-state index contributed by atoms with van der Waals surface area (Å²) in [4.78, 5) is 42.5. The number of amides is 4. The molecule has 0 aromatic heterocycles. The van der Waals surface area contributed by atoms with Crippen LogP contribution in [0.2, 0.25) is 0 Å². The minimum atomic E-state index is -1.06. The van der Waals surface area contributed by atoms with Gasteiger partial charge in [-0.05, 0) is 71.8 Å². The minimum absolute atomic E-state index is 0.0623. The van der Waals surface area contributed by atoms with Crippen molar-refractivity contribution in [3.05, 3.63) is 101 Å². The van der Waals surface area contributed by atoms with Gasteiger partial charge in [0.25, 0.3) is 0 Å². The molecule has 0 bridgehead atoms. The normalized spacial score (nSPS) is 19.3. The number of halogens is 2. The predicted molar refractivity (Wildman–Crippen MR) is 158 cm³/mol. The van der Waals surface area contributed by atoms with E-state index >= 15 is 0 Å². The maximum absolute atomic E-state index is 13.7. The lowest BCUT2D eigenvalue weighted by Crippen LogP contribution is -2.48. The fourth-order valence-electron chi connectivity index (χ4n) is 5.94. The molecule has 226 valence electrons. The van der Waals surface area contributed by atoms with Crippen LogP contribution in [0.15, 0.2) is 72.8 Å². The fourth-order valence-corrected chi connectivity index (χ4v) is 5.94. The van der Waals surface area contributed by atoms with E-state index in [9.17, 15) is 23.2 Å². The number of hydrogen-bond donors (Lipinski definition) is 2. The average Bonchev–Trinajstić information content (AvgIpc) is 3.03. The van der Waals surface area contributed by atoms with E-state index in [-0.39, 0.29) is 36.1 Å². The molecule has 3 N–H and O–H groups in total. The summed E-state index contributed by atoms with van der Waals surface area (Å²) >= 11 is 0. The first kappa shape index (κ1) is 30.2. The Balaban J connectivity index is 1.32. The summed E-state index contributed by atoms with van der Waals surface area (Å²) in [5.41, 5.74) is 8.50. The molecule has 1 aliphatic heterocycles. The Hall–Kier alpha value is -4.31. The van der Waals surface area contributed by atoms with Gasteiger partial charge < -0.3 is 20.7 Å². The highest BCUT2D eigenvalue weighted by Crippen LogP contribution is 2.38. The van der Waals surface area contributed by atoms with E-state index in [1.165, 1.54) is 36.4 Å². The number of primary amides is 1. The van der Waals surface area contributed by atoms with Gasteiger partial charge in [0, 0.05) is 24.7 Å². The SMILES string of the molecule is NC(=O)[C@@H](NC(=O)[C@@H]1CCCC[C@H]1c1ccc(CN(C(=O)N2CCOCC2)c2ccc(F)cc2)cc1)c1ccc(F)cc1. The molecule has 1 heterocycles. The Bertz CT molecular complexity index is 1410. The summed E-state index contributed by atoms with van der Waals surface area (Å²) in [5.74, 6) is -2.22. The van der Waals surface area contributed by atoms with Gasteiger partial charge in [-0.2, -0.15) is 0 Å². The highest BCUT2D eigenvalue weighted by Gasteiger charge is 2.34. The van der Waals surface area contributed by atoms with Crippen LogP contribution in [0, 0.1) is 17.6 Å². The summed E-state index contributed by atoms with van der Waals surface area (Å²) in [6.45, 7) is 2.20. The van der Waals surface area contributed by atoms with E-state index in [0.717, 1.165) is 30.4 Å². The Morgan fingerprint density at radius 1 is 0.884 bits per heavy atom. The Morgan fingerprint density at radius 2 is 1.49 bits per heavy atom. The van der Waals surface area contributed by atoms with E-state index in [0.29, 0.717) is 44.0 Å². The van der Waals surface area contributed by atoms with Gasteiger partial charge in [-0.15, -0.1) is 0 Å². The predicted octanol–water partition coefficient (Wildman–Crippen LogP) is 5.04. The number of morpholine rings is 1. The molecule has 1 aliphatic carbocycles. The standard InChI is InChI=1S/C33H36F2N4O4/c34-25-11-9-24(10-12-25)30(31(36)40)37-32(41)29-4-2-1-3-28(29)23-7-5-22(6-8-23)21-39(27-15-13-26(35)14-16-27)33(42)38-17-19-43-20-18-38/h5-16,28-30H,1-4,17-21H2,(H2,36,40)(H,37,41)/t28-,29+,30-/m0/s1. The average molecular weight is 591 g/mol. The molecule has 5 rings (SSSR count). The molecule has 0 radical (unpaired) electrons. The lowest BCUT2D eigenvalue weighted by atomic mass is 9.74. The number of carbonyl (C=O) groups is 3. The second-order valence-corrected chi connectivity index (χ2v) is 11.1. The Morgan fingerprint density at radius 3 is 2.12 bits per heavy atom. The fraction of sp³-hybridized carbons (Fsp3) is 0.364. The van der Waals surface area contributed by atoms with E-state index in [1.807, 2.05) is 24.3 Å². The van der Waals surface area contributed by atoms with Crippen LogP contribution in [0.4, 0.5) is 19.3 Å². The van der Waals surface area contributed by atoms with Gasteiger partial charge in [-0.25, -0.2) is 13.6 Å². The van der Waals surface area contributed by atoms with Gasteiger partial charge in [0.1, 0.15) is 17.7 Å². The van der Waals surface area contributed by atoms with Crippen molar-refractivity contribution < 1.29 is 27.9 Å². The van der Waals surface area contributed by atoms with Crippen LogP contribution in [-0.4, -0.2) is 49.0 Å². The summed E-state index contributed by atoms with van der Waals surface area (Å²) in [7, 11) is 0. The van der Waals surface area contributed by atoms with Gasteiger partial charge in [-0.1, -0.05) is 49.2 Å². The monoisotopic (exact) mass is 590 g/mol. The highest BCUT2D eigenvalue weighted by atomic mass is 19.1. The molecular formula is C33H36F2N4O4. The van der Waals surface area contributed by atoms with E-state index < -0.39 is 17.8 Å². The number of benzene rings is 3. The summed E-state index contributed by atoms with van der Waals surface area (Å²) < 4.78 is 32.5. The number of nitrogens with one attached hydrogen (secondary N) is 1. The summed E-state index contributed by atoms with van der Waals surface area (Å²) in [6.07, 6.45) is 3.34. The minimum Gasteiger partial charge on any atom is -0.378 e. The van der Waals surface area contributed by atoms with Crippen molar-refractivity contribution in [3.63, 3.8) is 0 Å². The molecule has 2 aliphatic rings. The van der Waals surface area contributed by atoms with Gasteiger partial charge in [0.2, 0.25) is 11.8 Å². The molecule has 1 saturated heterocycles. The number of hydrogen-bond acceptors (Lipinski definition) is 4. The molecule has 3 aromatic rings. The van der Waals surface area contributed by atoms with E-state index in [4.69, 9.17) is 10.5 Å². The molecule has 43 heavy (non-hydrogen) atoms. The first-order valence-corrected chi connectivity index (χ1v) is 14.6. The van der Waals surface area contributed by atoms with Gasteiger partial charge >= 0.3 is 6.03 Å². The maximum atomic E-state index is 13.7. The van der Waals surface area contributed by atoms with Crippen molar-refractivity contribution in [2.24, 2.45) is 11.7 Å². The van der Waals surface area contributed by atoms with Crippen LogP contribution >= 0.6 is 0 Å². The van der Waals surface area contributed by atoms with E-state index in [2.05, 4.69) is 5.32 Å². The second-order valence-electron chi connectivity index (χ2n) is 11.1. The van der Waals surface area contributed by atoms with Crippen molar-refractivity contribution in [3.8, 4) is 0 Å². The zero-order valence-electron chi connectivity index (χ0n) is 23.9. The first-order chi connectivity index (χ1) is 20.8. The molecule has 3 atom stereocenters. The van der Waals surface area contributed by atoms with Crippen molar-refractivity contribution in [1.29, 1.82) is 0 Å². The van der Waals surface area contributed by atoms with Crippen molar-refractivity contribution in [1.82, 2.24) is 10.2 Å². The zero-order chi connectivity index (χ0) is 30.3. The first-order valence-electron chi connectivity index (χ1n) is 14.6. The Kier molecular flexibility index (Phi) is 9.66. The molecule has 0 spiro atoms. The molecular weight excluding hydrogens is 554 g/mol. The highest BCUT2D eigenvalue weighted by molar-refractivity contribution is 5.92. The third kappa shape index (κ3) is 7.37.